The van der Waals surface area contributed by atoms with E-state index >= 15 is 0 Å². The molecule has 0 spiro atoms. The van der Waals surface area contributed by atoms with Crippen LogP contribution in [0.4, 0.5) is 5.82 Å². The normalized spacial score (nSPS) is 12.7. The summed E-state index contributed by atoms with van der Waals surface area (Å²) in [5, 5.41) is 10.0. The van der Waals surface area contributed by atoms with Crippen molar-refractivity contribution in [2.45, 2.75) is 26.3 Å². The Hall–Kier alpha value is -1.29. The molecule has 2 heterocycles. The molecule has 0 saturated carbocycles. The van der Waals surface area contributed by atoms with Gasteiger partial charge in [0.2, 0.25) is 0 Å². The summed E-state index contributed by atoms with van der Waals surface area (Å²) in [6.45, 7) is 4.25. The van der Waals surface area contributed by atoms with Crippen LogP contribution in [0.15, 0.2) is 23.6 Å². The molecule has 1 unspecified atom stereocenters. The maximum Gasteiger partial charge on any atom is 0.148 e. The van der Waals surface area contributed by atoms with Crippen LogP contribution in [0.3, 0.4) is 0 Å². The Morgan fingerprint density at radius 1 is 1.56 bits per heavy atom. The monoisotopic (exact) mass is 235 g/mol. The van der Waals surface area contributed by atoms with Gasteiger partial charge >= 0.3 is 0 Å². The van der Waals surface area contributed by atoms with E-state index in [0.29, 0.717) is 6.04 Å². The highest BCUT2D eigenvalue weighted by Crippen LogP contribution is 2.25. The van der Waals surface area contributed by atoms with Gasteiger partial charge in [-0.2, -0.15) is 5.10 Å². The van der Waals surface area contributed by atoms with Crippen molar-refractivity contribution in [3.63, 3.8) is 0 Å². The molecule has 16 heavy (non-hydrogen) atoms. The number of hydrogen-bond donors (Lipinski definition) is 1. The molecular formula is C12H17N3S. The van der Waals surface area contributed by atoms with Crippen molar-refractivity contribution in [1.29, 1.82) is 0 Å². The third kappa shape index (κ3) is 2.27. The molecular weight excluding hydrogens is 218 g/mol. The minimum atomic E-state index is 0.370. The second-order valence-electron chi connectivity index (χ2n) is 3.92. The van der Waals surface area contributed by atoms with Crippen LogP contribution in [0.1, 0.15) is 30.0 Å². The largest absolute Gasteiger partial charge is 0.361 e. The van der Waals surface area contributed by atoms with Gasteiger partial charge in [0.1, 0.15) is 5.82 Å². The molecule has 0 aliphatic heterocycles. The highest BCUT2D eigenvalue weighted by Gasteiger charge is 2.11. The fourth-order valence-electron chi connectivity index (χ4n) is 1.67. The third-order valence-electron chi connectivity index (χ3n) is 2.73. The van der Waals surface area contributed by atoms with E-state index in [1.807, 2.05) is 11.7 Å². The lowest BCUT2D eigenvalue weighted by Gasteiger charge is -2.14. The van der Waals surface area contributed by atoms with E-state index in [2.05, 4.69) is 47.8 Å². The summed E-state index contributed by atoms with van der Waals surface area (Å²) in [7, 11) is 1.96. The first kappa shape index (κ1) is 11.2. The fraction of sp³-hybridized carbons (Fsp3) is 0.417. The molecule has 0 aliphatic rings. The van der Waals surface area contributed by atoms with Crippen LogP contribution in [0, 0.1) is 6.92 Å². The Morgan fingerprint density at radius 2 is 2.38 bits per heavy atom. The molecule has 3 nitrogen and oxygen atoms in total. The van der Waals surface area contributed by atoms with Crippen molar-refractivity contribution >= 4 is 17.2 Å². The second kappa shape index (κ2) is 4.70. The van der Waals surface area contributed by atoms with Gasteiger partial charge in [-0.3, -0.25) is 4.68 Å². The minimum Gasteiger partial charge on any atom is -0.361 e. The van der Waals surface area contributed by atoms with Crippen molar-refractivity contribution in [1.82, 2.24) is 9.78 Å². The highest BCUT2D eigenvalue weighted by atomic mass is 32.1. The first-order valence-electron chi connectivity index (χ1n) is 5.51. The summed E-state index contributed by atoms with van der Waals surface area (Å²) in [6.07, 6.45) is 1.07. The fourth-order valence-corrected chi connectivity index (χ4v) is 2.53. The van der Waals surface area contributed by atoms with Crippen LogP contribution < -0.4 is 5.32 Å². The zero-order chi connectivity index (χ0) is 11.5. The maximum atomic E-state index is 4.42. The Balaban J connectivity index is 2.13. The van der Waals surface area contributed by atoms with Gasteiger partial charge in [0.15, 0.2) is 0 Å². The molecule has 0 amide bonds. The molecule has 0 saturated heterocycles. The highest BCUT2D eigenvalue weighted by molar-refractivity contribution is 7.10. The van der Waals surface area contributed by atoms with Crippen LogP contribution in [-0.2, 0) is 7.05 Å². The number of nitrogens with zero attached hydrogens (tertiary/aromatic N) is 2. The Labute approximate surface area is 100 Å². The van der Waals surface area contributed by atoms with Gasteiger partial charge in [0, 0.05) is 23.7 Å². The summed E-state index contributed by atoms with van der Waals surface area (Å²) in [5.41, 5.74) is 1.17. The van der Waals surface area contributed by atoms with Crippen LogP contribution in [0.25, 0.3) is 0 Å². The topological polar surface area (TPSA) is 29.9 Å². The predicted octanol–water partition coefficient (Wildman–Crippen LogP) is 3.35. The SMILES string of the molecule is CCC(Nc1cc(C)n(C)n1)c1cccs1. The Bertz CT molecular complexity index is 425. The van der Waals surface area contributed by atoms with Crippen molar-refractivity contribution in [2.75, 3.05) is 5.32 Å². The van der Waals surface area contributed by atoms with Gasteiger partial charge < -0.3 is 5.32 Å². The Morgan fingerprint density at radius 3 is 2.88 bits per heavy atom. The average molecular weight is 235 g/mol. The average Bonchev–Trinajstić information content (AvgIpc) is 2.86. The first-order chi connectivity index (χ1) is 7.70. The maximum absolute atomic E-state index is 4.42. The molecule has 86 valence electrons. The molecule has 0 radical (unpaired) electrons. The number of aromatic nitrogens is 2. The van der Waals surface area contributed by atoms with Gasteiger partial charge in [-0.25, -0.2) is 0 Å². The van der Waals surface area contributed by atoms with Crippen LogP contribution in [0.5, 0.6) is 0 Å². The van der Waals surface area contributed by atoms with Gasteiger partial charge in [-0.15, -0.1) is 11.3 Å². The zero-order valence-electron chi connectivity index (χ0n) is 9.90. The van der Waals surface area contributed by atoms with Crippen molar-refractivity contribution < 1.29 is 0 Å². The second-order valence-corrected chi connectivity index (χ2v) is 4.89. The number of aryl methyl sites for hydroxylation is 2. The first-order valence-corrected chi connectivity index (χ1v) is 6.39. The summed E-state index contributed by atoms with van der Waals surface area (Å²) >= 11 is 1.79. The molecule has 0 aliphatic carbocycles. The van der Waals surface area contributed by atoms with Crippen molar-refractivity contribution in [2.24, 2.45) is 7.05 Å². The van der Waals surface area contributed by atoms with Gasteiger partial charge in [-0.05, 0) is 24.8 Å². The molecule has 2 aromatic heterocycles. The third-order valence-corrected chi connectivity index (χ3v) is 3.72. The summed E-state index contributed by atoms with van der Waals surface area (Å²) in [6, 6.07) is 6.71. The predicted molar refractivity (Wildman–Crippen MR) is 68.9 cm³/mol. The molecule has 0 bridgehead atoms. The van der Waals surface area contributed by atoms with Crippen LogP contribution >= 0.6 is 11.3 Å². The van der Waals surface area contributed by atoms with Gasteiger partial charge in [0.05, 0.1) is 6.04 Å². The number of rotatable bonds is 4. The van der Waals surface area contributed by atoms with Crippen LogP contribution in [0.2, 0.25) is 0 Å². The lowest BCUT2D eigenvalue weighted by molar-refractivity contribution is 0.720. The summed E-state index contributed by atoms with van der Waals surface area (Å²) in [4.78, 5) is 1.37. The van der Waals surface area contributed by atoms with E-state index in [1.165, 1.54) is 10.6 Å². The molecule has 4 heteroatoms. The molecule has 0 fully saturated rings. The van der Waals surface area contributed by atoms with Gasteiger partial charge in [-0.1, -0.05) is 13.0 Å². The number of anilines is 1. The Kier molecular flexibility index (Phi) is 3.29. The molecule has 2 rings (SSSR count). The van der Waals surface area contributed by atoms with E-state index in [-0.39, 0.29) is 0 Å². The summed E-state index contributed by atoms with van der Waals surface area (Å²) in [5.74, 6) is 0.959. The minimum absolute atomic E-state index is 0.370. The van der Waals surface area contributed by atoms with E-state index in [9.17, 15) is 0 Å². The van der Waals surface area contributed by atoms with E-state index < -0.39 is 0 Å². The molecule has 1 N–H and O–H groups in total. The lowest BCUT2D eigenvalue weighted by atomic mass is 10.2. The molecule has 2 aromatic rings. The quantitative estimate of drug-likeness (QED) is 0.880. The number of thiophene rings is 1. The number of hydrogen-bond acceptors (Lipinski definition) is 3. The van der Waals surface area contributed by atoms with Gasteiger partial charge in [0.25, 0.3) is 0 Å². The standard InChI is InChI=1S/C12H17N3S/c1-4-10(11-6-5-7-16-11)13-12-8-9(2)15(3)14-12/h5-8,10H,4H2,1-3H3,(H,13,14). The van der Waals surface area contributed by atoms with E-state index in [0.717, 1.165) is 12.2 Å². The number of nitrogens with one attached hydrogen (secondary N) is 1. The molecule has 1 atom stereocenters. The molecule has 0 aromatic carbocycles. The smallest absolute Gasteiger partial charge is 0.148 e. The zero-order valence-corrected chi connectivity index (χ0v) is 10.7. The van der Waals surface area contributed by atoms with Crippen molar-refractivity contribution in [3.8, 4) is 0 Å². The van der Waals surface area contributed by atoms with Crippen LogP contribution in [-0.4, -0.2) is 9.78 Å². The van der Waals surface area contributed by atoms with E-state index in [1.54, 1.807) is 11.3 Å². The summed E-state index contributed by atoms with van der Waals surface area (Å²) < 4.78 is 1.89. The lowest BCUT2D eigenvalue weighted by Crippen LogP contribution is -2.08. The van der Waals surface area contributed by atoms with Crippen molar-refractivity contribution in [3.05, 3.63) is 34.2 Å². The van der Waals surface area contributed by atoms with E-state index in [4.69, 9.17) is 0 Å².